The van der Waals surface area contributed by atoms with Crippen LogP contribution in [-0.4, -0.2) is 30.5 Å². The first-order chi connectivity index (χ1) is 8.16. The molecule has 3 nitrogen and oxygen atoms in total. The summed E-state index contributed by atoms with van der Waals surface area (Å²) >= 11 is 0. The van der Waals surface area contributed by atoms with Crippen molar-refractivity contribution in [2.75, 3.05) is 13.6 Å². The lowest BCUT2D eigenvalue weighted by Gasteiger charge is -2.16. The van der Waals surface area contributed by atoms with E-state index in [0.717, 1.165) is 13.0 Å². The van der Waals surface area contributed by atoms with Gasteiger partial charge in [0.1, 0.15) is 0 Å². The van der Waals surface area contributed by atoms with Gasteiger partial charge in [-0.15, -0.1) is 24.0 Å². The van der Waals surface area contributed by atoms with Gasteiger partial charge in [-0.3, -0.25) is 4.99 Å². The van der Waals surface area contributed by atoms with E-state index in [1.807, 2.05) is 7.05 Å². The van der Waals surface area contributed by atoms with Gasteiger partial charge in [0.05, 0.1) is 0 Å². The van der Waals surface area contributed by atoms with Gasteiger partial charge in [-0.25, -0.2) is 0 Å². The fourth-order valence-corrected chi connectivity index (χ4v) is 1.81. The predicted octanol–water partition coefficient (Wildman–Crippen LogP) is 2.56. The molecule has 4 heteroatoms. The fourth-order valence-electron chi connectivity index (χ4n) is 1.81. The van der Waals surface area contributed by atoms with Crippen LogP contribution in [0.25, 0.3) is 0 Å². The molecule has 0 aromatic heterocycles. The van der Waals surface area contributed by atoms with E-state index in [4.69, 9.17) is 5.73 Å². The monoisotopic (exact) mass is 359 g/mol. The Morgan fingerprint density at radius 2 is 1.94 bits per heavy atom. The van der Waals surface area contributed by atoms with Crippen molar-refractivity contribution >= 4 is 29.9 Å². The summed E-state index contributed by atoms with van der Waals surface area (Å²) in [6, 6.07) is 9.23. The van der Waals surface area contributed by atoms with Crippen LogP contribution in [0.1, 0.15) is 24.0 Å². The van der Waals surface area contributed by atoms with E-state index < -0.39 is 0 Å². The molecule has 0 bridgehead atoms. The molecular weight excluding hydrogens is 337 g/mol. The number of aryl methyl sites for hydroxylation is 1. The van der Waals surface area contributed by atoms with E-state index in [2.05, 4.69) is 41.1 Å². The lowest BCUT2D eigenvalue weighted by atomic mass is 10.1. The van der Waals surface area contributed by atoms with Crippen LogP contribution in [0.4, 0.5) is 0 Å². The van der Waals surface area contributed by atoms with Gasteiger partial charge in [0.2, 0.25) is 0 Å². The minimum Gasteiger partial charge on any atom is -0.370 e. The molecule has 2 N–H and O–H groups in total. The Kier molecular flexibility index (Phi) is 5.91. The minimum atomic E-state index is 0. The number of hydrogen-bond donors (Lipinski definition) is 1. The van der Waals surface area contributed by atoms with Crippen molar-refractivity contribution in [1.82, 2.24) is 4.90 Å². The van der Waals surface area contributed by atoms with Crippen LogP contribution < -0.4 is 5.73 Å². The number of hydrogen-bond acceptors (Lipinski definition) is 1. The van der Waals surface area contributed by atoms with Crippen molar-refractivity contribution in [3.8, 4) is 0 Å². The van der Waals surface area contributed by atoms with E-state index in [0.29, 0.717) is 12.0 Å². The first-order valence-corrected chi connectivity index (χ1v) is 6.25. The highest BCUT2D eigenvalue weighted by atomic mass is 127. The van der Waals surface area contributed by atoms with Crippen LogP contribution in [-0.2, 0) is 6.42 Å². The average molecular weight is 359 g/mol. The maximum atomic E-state index is 5.92. The Bertz CT molecular complexity index is 396. The molecule has 0 amide bonds. The summed E-state index contributed by atoms with van der Waals surface area (Å²) in [5, 5.41) is 0. The Labute approximate surface area is 126 Å². The van der Waals surface area contributed by atoms with Crippen molar-refractivity contribution in [3.05, 3.63) is 35.4 Å². The van der Waals surface area contributed by atoms with Crippen LogP contribution in [0, 0.1) is 6.92 Å². The van der Waals surface area contributed by atoms with E-state index in [1.165, 1.54) is 24.0 Å². The Morgan fingerprint density at radius 1 is 1.33 bits per heavy atom. The molecule has 0 atom stereocenters. The summed E-state index contributed by atoms with van der Waals surface area (Å²) in [5.41, 5.74) is 8.54. The second kappa shape index (κ2) is 6.97. The molecule has 0 radical (unpaired) electrons. The van der Waals surface area contributed by atoms with Crippen molar-refractivity contribution in [3.63, 3.8) is 0 Å². The molecule has 0 unspecified atom stereocenters. The quantitative estimate of drug-likeness (QED) is 0.510. The number of nitrogens with two attached hydrogens (primary N) is 1. The first-order valence-electron chi connectivity index (χ1n) is 6.25. The third-order valence-corrected chi connectivity index (χ3v) is 3.25. The maximum absolute atomic E-state index is 5.92. The van der Waals surface area contributed by atoms with Crippen LogP contribution in [0.15, 0.2) is 29.3 Å². The summed E-state index contributed by atoms with van der Waals surface area (Å²) in [7, 11) is 2.03. The number of guanidine groups is 1. The van der Waals surface area contributed by atoms with Crippen molar-refractivity contribution in [2.24, 2.45) is 10.7 Å². The first kappa shape index (κ1) is 15.3. The average Bonchev–Trinajstić information content (AvgIpc) is 3.14. The van der Waals surface area contributed by atoms with Gasteiger partial charge in [0, 0.05) is 19.6 Å². The van der Waals surface area contributed by atoms with Crippen molar-refractivity contribution in [1.29, 1.82) is 0 Å². The molecule has 0 aliphatic heterocycles. The molecule has 0 heterocycles. The molecule has 0 saturated heterocycles. The minimum absolute atomic E-state index is 0. The second-order valence-electron chi connectivity index (χ2n) is 4.82. The van der Waals surface area contributed by atoms with Crippen LogP contribution in [0.5, 0.6) is 0 Å². The van der Waals surface area contributed by atoms with Crippen molar-refractivity contribution in [2.45, 2.75) is 32.2 Å². The molecular formula is C14H22IN3. The maximum Gasteiger partial charge on any atom is 0.191 e. The van der Waals surface area contributed by atoms with E-state index >= 15 is 0 Å². The summed E-state index contributed by atoms with van der Waals surface area (Å²) < 4.78 is 0. The highest BCUT2D eigenvalue weighted by Crippen LogP contribution is 2.24. The number of aliphatic imine (C=N–C) groups is 1. The van der Waals surface area contributed by atoms with Gasteiger partial charge in [-0.1, -0.05) is 29.8 Å². The SMILES string of the molecule is Cc1ccc(CCN=C(N)N(C)C2CC2)cc1.I. The number of halogens is 1. The van der Waals surface area contributed by atoms with Crippen molar-refractivity contribution < 1.29 is 0 Å². The zero-order chi connectivity index (χ0) is 12.3. The molecule has 1 aliphatic carbocycles. The summed E-state index contributed by atoms with van der Waals surface area (Å²) in [5.74, 6) is 0.680. The normalized spacial score (nSPS) is 15.1. The highest BCUT2D eigenvalue weighted by Gasteiger charge is 2.27. The molecule has 1 aromatic carbocycles. The van der Waals surface area contributed by atoms with Gasteiger partial charge >= 0.3 is 0 Å². The van der Waals surface area contributed by atoms with Crippen LogP contribution >= 0.6 is 24.0 Å². The third kappa shape index (κ3) is 4.48. The molecule has 1 aromatic rings. The summed E-state index contributed by atoms with van der Waals surface area (Å²) in [6.45, 7) is 2.87. The topological polar surface area (TPSA) is 41.6 Å². The second-order valence-corrected chi connectivity index (χ2v) is 4.82. The zero-order valence-corrected chi connectivity index (χ0v) is 13.4. The van der Waals surface area contributed by atoms with Crippen LogP contribution in [0.3, 0.4) is 0 Å². The molecule has 0 spiro atoms. The van der Waals surface area contributed by atoms with Gasteiger partial charge < -0.3 is 10.6 Å². The summed E-state index contributed by atoms with van der Waals surface area (Å²) in [4.78, 5) is 6.52. The number of nitrogens with zero attached hydrogens (tertiary/aromatic N) is 2. The lowest BCUT2D eigenvalue weighted by Crippen LogP contribution is -2.35. The standard InChI is InChI=1S/C14H21N3.HI/c1-11-3-5-12(6-4-11)9-10-16-14(15)17(2)13-7-8-13;/h3-6,13H,7-10H2,1-2H3,(H2,15,16);1H. The van der Waals surface area contributed by atoms with Crippen LogP contribution in [0.2, 0.25) is 0 Å². The largest absolute Gasteiger partial charge is 0.370 e. The Hall–Kier alpha value is -0.780. The highest BCUT2D eigenvalue weighted by molar-refractivity contribution is 14.0. The van der Waals surface area contributed by atoms with E-state index in [9.17, 15) is 0 Å². The molecule has 1 fully saturated rings. The smallest absolute Gasteiger partial charge is 0.191 e. The lowest BCUT2D eigenvalue weighted by molar-refractivity contribution is 0.487. The molecule has 1 aliphatic rings. The van der Waals surface area contributed by atoms with Gasteiger partial charge in [0.25, 0.3) is 0 Å². The molecule has 1 saturated carbocycles. The summed E-state index contributed by atoms with van der Waals surface area (Å²) in [6.07, 6.45) is 3.47. The van der Waals surface area contributed by atoms with E-state index in [-0.39, 0.29) is 24.0 Å². The predicted molar refractivity (Wildman–Crippen MR) is 87.6 cm³/mol. The Balaban J connectivity index is 0.00000162. The fraction of sp³-hybridized carbons (Fsp3) is 0.500. The zero-order valence-electron chi connectivity index (χ0n) is 11.1. The number of rotatable bonds is 4. The van der Waals surface area contributed by atoms with E-state index in [1.54, 1.807) is 0 Å². The van der Waals surface area contributed by atoms with Gasteiger partial charge in [-0.2, -0.15) is 0 Å². The Morgan fingerprint density at radius 3 is 2.50 bits per heavy atom. The third-order valence-electron chi connectivity index (χ3n) is 3.25. The molecule has 2 rings (SSSR count). The number of benzene rings is 1. The molecule has 18 heavy (non-hydrogen) atoms. The van der Waals surface area contributed by atoms with Gasteiger partial charge in [0.15, 0.2) is 5.96 Å². The molecule has 100 valence electrons. The van der Waals surface area contributed by atoms with Gasteiger partial charge in [-0.05, 0) is 31.7 Å².